The summed E-state index contributed by atoms with van der Waals surface area (Å²) in [5, 5.41) is 3.57. The molecule has 5 heteroatoms. The minimum atomic E-state index is -0.124. The normalized spacial score (nSPS) is 10.4. The fourth-order valence-corrected chi connectivity index (χ4v) is 2.13. The maximum Gasteiger partial charge on any atom is 0.267 e. The van der Waals surface area contributed by atoms with Crippen molar-refractivity contribution in [1.82, 2.24) is 9.88 Å². The SMILES string of the molecule is Cn1cc(N)cc1C(=O)NCCc1cccc(Cl)c1. The Morgan fingerprint density at radius 2 is 2.21 bits per heavy atom. The lowest BCUT2D eigenvalue weighted by Gasteiger charge is -2.06. The van der Waals surface area contributed by atoms with Gasteiger partial charge in [0.2, 0.25) is 0 Å². The molecule has 0 radical (unpaired) electrons. The predicted molar refractivity (Wildman–Crippen MR) is 77.3 cm³/mol. The third-order valence-electron chi connectivity index (χ3n) is 2.85. The molecule has 100 valence electrons. The van der Waals surface area contributed by atoms with Crippen LogP contribution in [0.25, 0.3) is 0 Å². The van der Waals surface area contributed by atoms with E-state index in [0.717, 1.165) is 12.0 Å². The van der Waals surface area contributed by atoms with Crippen molar-refractivity contribution >= 4 is 23.2 Å². The lowest BCUT2D eigenvalue weighted by Crippen LogP contribution is -2.27. The quantitative estimate of drug-likeness (QED) is 0.900. The van der Waals surface area contributed by atoms with Crippen LogP contribution in [0.2, 0.25) is 5.02 Å². The number of hydrogen-bond donors (Lipinski definition) is 2. The third-order valence-corrected chi connectivity index (χ3v) is 3.08. The molecule has 0 saturated heterocycles. The molecule has 1 aromatic heterocycles. The van der Waals surface area contributed by atoms with Gasteiger partial charge in [-0.25, -0.2) is 0 Å². The first-order valence-corrected chi connectivity index (χ1v) is 6.38. The van der Waals surface area contributed by atoms with Gasteiger partial charge in [0.15, 0.2) is 0 Å². The molecule has 0 fully saturated rings. The zero-order valence-corrected chi connectivity index (χ0v) is 11.4. The number of amides is 1. The molecule has 2 aromatic rings. The molecule has 1 amide bonds. The van der Waals surface area contributed by atoms with Gasteiger partial charge in [-0.3, -0.25) is 4.79 Å². The van der Waals surface area contributed by atoms with Crippen LogP contribution in [-0.2, 0) is 13.5 Å². The number of carbonyl (C=O) groups is 1. The average molecular weight is 278 g/mol. The van der Waals surface area contributed by atoms with Gasteiger partial charge in [0, 0.05) is 24.8 Å². The van der Waals surface area contributed by atoms with E-state index in [9.17, 15) is 4.79 Å². The molecular weight excluding hydrogens is 262 g/mol. The van der Waals surface area contributed by atoms with Gasteiger partial charge in [0.1, 0.15) is 5.69 Å². The van der Waals surface area contributed by atoms with Gasteiger partial charge in [-0.05, 0) is 30.2 Å². The van der Waals surface area contributed by atoms with Crippen LogP contribution in [0.3, 0.4) is 0 Å². The maximum atomic E-state index is 11.9. The Labute approximate surface area is 117 Å². The summed E-state index contributed by atoms with van der Waals surface area (Å²) in [6.45, 7) is 0.560. The second kappa shape index (κ2) is 5.80. The van der Waals surface area contributed by atoms with Gasteiger partial charge in [0.05, 0.1) is 5.69 Å². The molecule has 0 unspecified atom stereocenters. The van der Waals surface area contributed by atoms with E-state index in [1.54, 1.807) is 23.9 Å². The second-order valence-corrected chi connectivity index (χ2v) is 4.84. The highest BCUT2D eigenvalue weighted by Crippen LogP contribution is 2.11. The molecule has 1 aromatic carbocycles. The van der Waals surface area contributed by atoms with Crippen LogP contribution in [0.1, 0.15) is 16.1 Å². The highest BCUT2D eigenvalue weighted by Gasteiger charge is 2.09. The number of nitrogens with one attached hydrogen (secondary N) is 1. The topological polar surface area (TPSA) is 60.0 Å². The van der Waals surface area contributed by atoms with Gasteiger partial charge in [0.25, 0.3) is 5.91 Å². The van der Waals surface area contributed by atoms with E-state index in [2.05, 4.69) is 5.32 Å². The summed E-state index contributed by atoms with van der Waals surface area (Å²) in [4.78, 5) is 11.9. The summed E-state index contributed by atoms with van der Waals surface area (Å²) in [5.41, 5.74) is 7.88. The molecule has 0 atom stereocenters. The molecule has 4 nitrogen and oxygen atoms in total. The number of nitrogens with zero attached hydrogens (tertiary/aromatic N) is 1. The molecule has 0 aliphatic rings. The monoisotopic (exact) mass is 277 g/mol. The Balaban J connectivity index is 1.89. The largest absolute Gasteiger partial charge is 0.397 e. The number of halogens is 1. The molecule has 19 heavy (non-hydrogen) atoms. The number of hydrogen-bond acceptors (Lipinski definition) is 2. The van der Waals surface area contributed by atoms with Crippen LogP contribution in [0, 0.1) is 0 Å². The summed E-state index contributed by atoms with van der Waals surface area (Å²) in [5.74, 6) is -0.124. The molecule has 0 bridgehead atoms. The molecule has 3 N–H and O–H groups in total. The van der Waals surface area contributed by atoms with Gasteiger partial charge in [-0.1, -0.05) is 23.7 Å². The van der Waals surface area contributed by atoms with E-state index >= 15 is 0 Å². The van der Waals surface area contributed by atoms with Crippen molar-refractivity contribution in [1.29, 1.82) is 0 Å². The number of aryl methyl sites for hydroxylation is 1. The lowest BCUT2D eigenvalue weighted by molar-refractivity contribution is 0.0946. The number of benzene rings is 1. The zero-order chi connectivity index (χ0) is 13.8. The Bertz CT molecular complexity index is 592. The summed E-state index contributed by atoms with van der Waals surface area (Å²) in [6.07, 6.45) is 2.46. The van der Waals surface area contributed by atoms with Crippen LogP contribution < -0.4 is 11.1 Å². The van der Waals surface area contributed by atoms with Crippen molar-refractivity contribution in [3.05, 3.63) is 52.8 Å². The highest BCUT2D eigenvalue weighted by molar-refractivity contribution is 6.30. The Morgan fingerprint density at radius 3 is 2.84 bits per heavy atom. The summed E-state index contributed by atoms with van der Waals surface area (Å²) < 4.78 is 1.71. The van der Waals surface area contributed by atoms with E-state index in [4.69, 9.17) is 17.3 Å². The smallest absolute Gasteiger partial charge is 0.267 e. The van der Waals surface area contributed by atoms with Crippen molar-refractivity contribution in [2.75, 3.05) is 12.3 Å². The van der Waals surface area contributed by atoms with Gasteiger partial charge >= 0.3 is 0 Å². The zero-order valence-electron chi connectivity index (χ0n) is 10.7. The standard InChI is InChI=1S/C14H16ClN3O/c1-18-9-12(16)8-13(18)14(19)17-6-5-10-3-2-4-11(15)7-10/h2-4,7-9H,5-6,16H2,1H3,(H,17,19). The maximum absolute atomic E-state index is 11.9. The first-order valence-electron chi connectivity index (χ1n) is 6.01. The van der Waals surface area contributed by atoms with E-state index in [0.29, 0.717) is 22.9 Å². The predicted octanol–water partition coefficient (Wildman–Crippen LogP) is 2.23. The highest BCUT2D eigenvalue weighted by atomic mass is 35.5. The second-order valence-electron chi connectivity index (χ2n) is 4.41. The summed E-state index contributed by atoms with van der Waals surface area (Å²) in [7, 11) is 1.79. The van der Waals surface area contributed by atoms with Crippen LogP contribution >= 0.6 is 11.6 Å². The van der Waals surface area contributed by atoms with Crippen molar-refractivity contribution in [3.8, 4) is 0 Å². The van der Waals surface area contributed by atoms with Crippen molar-refractivity contribution < 1.29 is 4.79 Å². The molecular formula is C14H16ClN3O. The Kier molecular flexibility index (Phi) is 4.12. The van der Waals surface area contributed by atoms with Crippen molar-refractivity contribution in [3.63, 3.8) is 0 Å². The molecule has 2 rings (SSSR count). The van der Waals surface area contributed by atoms with Gasteiger partial charge in [-0.2, -0.15) is 0 Å². The van der Waals surface area contributed by atoms with Crippen LogP contribution in [0.5, 0.6) is 0 Å². The molecule has 1 heterocycles. The van der Waals surface area contributed by atoms with Crippen molar-refractivity contribution in [2.24, 2.45) is 7.05 Å². The van der Waals surface area contributed by atoms with Crippen LogP contribution in [0.15, 0.2) is 36.5 Å². The first-order chi connectivity index (χ1) is 9.06. The fourth-order valence-electron chi connectivity index (χ4n) is 1.92. The average Bonchev–Trinajstić information content (AvgIpc) is 2.68. The number of rotatable bonds is 4. The van der Waals surface area contributed by atoms with Crippen LogP contribution in [-0.4, -0.2) is 17.0 Å². The lowest BCUT2D eigenvalue weighted by atomic mass is 10.1. The number of aromatic nitrogens is 1. The van der Waals surface area contributed by atoms with E-state index < -0.39 is 0 Å². The number of nitrogen functional groups attached to an aromatic ring is 1. The number of anilines is 1. The summed E-state index contributed by atoms with van der Waals surface area (Å²) >= 11 is 5.90. The fraction of sp³-hybridized carbons (Fsp3) is 0.214. The Morgan fingerprint density at radius 1 is 1.42 bits per heavy atom. The van der Waals surface area contributed by atoms with Gasteiger partial charge in [-0.15, -0.1) is 0 Å². The van der Waals surface area contributed by atoms with Crippen molar-refractivity contribution in [2.45, 2.75) is 6.42 Å². The van der Waals surface area contributed by atoms with E-state index in [-0.39, 0.29) is 5.91 Å². The van der Waals surface area contributed by atoms with E-state index in [1.165, 1.54) is 0 Å². The number of carbonyl (C=O) groups excluding carboxylic acids is 1. The summed E-state index contributed by atoms with van der Waals surface area (Å²) in [6, 6.07) is 9.27. The van der Waals surface area contributed by atoms with E-state index in [1.807, 2.05) is 24.3 Å². The molecule has 0 saturated carbocycles. The minimum absolute atomic E-state index is 0.124. The third kappa shape index (κ3) is 3.51. The number of nitrogens with two attached hydrogens (primary N) is 1. The molecule has 0 spiro atoms. The Hall–Kier alpha value is -1.94. The minimum Gasteiger partial charge on any atom is -0.397 e. The first kappa shape index (κ1) is 13.5. The molecule has 0 aliphatic heterocycles. The van der Waals surface area contributed by atoms with Crippen LogP contribution in [0.4, 0.5) is 5.69 Å². The molecule has 0 aliphatic carbocycles. The van der Waals surface area contributed by atoms with Gasteiger partial charge < -0.3 is 15.6 Å².